The summed E-state index contributed by atoms with van der Waals surface area (Å²) in [5, 5.41) is 0.355. The zero-order valence-corrected chi connectivity index (χ0v) is 8.86. The van der Waals surface area contributed by atoms with Gasteiger partial charge in [-0.1, -0.05) is 17.7 Å². The van der Waals surface area contributed by atoms with Crippen molar-refractivity contribution in [2.75, 3.05) is 5.73 Å². The fourth-order valence-corrected chi connectivity index (χ4v) is 1.73. The smallest absolute Gasteiger partial charge is 0.221 e. The molecule has 0 atom stereocenters. The Balaban J connectivity index is 2.64. The van der Waals surface area contributed by atoms with Gasteiger partial charge in [0.05, 0.1) is 5.69 Å². The molecule has 0 saturated carbocycles. The monoisotopic (exact) mass is 220 g/mol. The second-order valence-electron chi connectivity index (χ2n) is 3.07. The Labute approximate surface area is 92.2 Å². The van der Waals surface area contributed by atoms with Crippen molar-refractivity contribution < 1.29 is 0 Å². The lowest BCUT2D eigenvalue weighted by molar-refractivity contribution is 1.12. The van der Waals surface area contributed by atoms with E-state index >= 15 is 0 Å². The number of nitrogens with two attached hydrogens (primary N) is 1. The van der Waals surface area contributed by atoms with Crippen molar-refractivity contribution in [1.29, 1.82) is 0 Å². The third-order valence-corrected chi connectivity index (χ3v) is 2.29. The number of hydrogen-bond acceptors (Lipinski definition) is 4. The normalized spacial score (nSPS) is 10.3. The molecule has 0 spiro atoms. The number of aryl methyl sites for hydroxylation is 1. The van der Waals surface area contributed by atoms with Crippen molar-refractivity contribution in [1.82, 2.24) is 15.0 Å². The van der Waals surface area contributed by atoms with Crippen LogP contribution in [0.25, 0.3) is 11.1 Å². The number of anilines is 1. The maximum Gasteiger partial charge on any atom is 0.221 e. The van der Waals surface area contributed by atoms with Gasteiger partial charge in [-0.05, 0) is 13.0 Å². The first-order valence-electron chi connectivity index (χ1n) is 4.38. The van der Waals surface area contributed by atoms with Crippen LogP contribution >= 0.6 is 11.6 Å². The van der Waals surface area contributed by atoms with E-state index in [0.29, 0.717) is 5.15 Å². The van der Waals surface area contributed by atoms with Gasteiger partial charge in [-0.3, -0.25) is 4.98 Å². The molecule has 2 rings (SSSR count). The van der Waals surface area contributed by atoms with Crippen LogP contribution in [-0.2, 0) is 0 Å². The molecule has 0 fully saturated rings. The molecule has 2 aromatic rings. The highest BCUT2D eigenvalue weighted by atomic mass is 35.5. The van der Waals surface area contributed by atoms with Crippen LogP contribution in [-0.4, -0.2) is 15.0 Å². The van der Waals surface area contributed by atoms with Gasteiger partial charge >= 0.3 is 0 Å². The summed E-state index contributed by atoms with van der Waals surface area (Å²) in [5.41, 5.74) is 7.90. The quantitative estimate of drug-likeness (QED) is 0.748. The van der Waals surface area contributed by atoms with Crippen LogP contribution in [0.4, 0.5) is 5.95 Å². The molecular weight excluding hydrogens is 212 g/mol. The van der Waals surface area contributed by atoms with E-state index in [1.807, 2.05) is 19.1 Å². The second kappa shape index (κ2) is 3.82. The molecule has 4 nitrogen and oxygen atoms in total. The largest absolute Gasteiger partial charge is 0.368 e. The molecule has 5 heteroatoms. The summed E-state index contributed by atoms with van der Waals surface area (Å²) in [6.07, 6.45) is 3.42. The molecular formula is C10H9ClN4. The Bertz CT molecular complexity index is 461. The molecule has 0 saturated heterocycles. The molecule has 2 N–H and O–H groups in total. The average molecular weight is 221 g/mol. The van der Waals surface area contributed by atoms with Crippen molar-refractivity contribution in [2.45, 2.75) is 6.92 Å². The van der Waals surface area contributed by atoms with Gasteiger partial charge in [0.25, 0.3) is 0 Å². The van der Waals surface area contributed by atoms with Gasteiger partial charge in [-0.25, -0.2) is 9.97 Å². The highest BCUT2D eigenvalue weighted by Gasteiger charge is 2.10. The van der Waals surface area contributed by atoms with Crippen LogP contribution in [0, 0.1) is 6.92 Å². The lowest BCUT2D eigenvalue weighted by Crippen LogP contribution is -1.99. The number of pyridine rings is 1. The summed E-state index contributed by atoms with van der Waals surface area (Å²) < 4.78 is 0. The molecule has 2 heterocycles. The summed E-state index contributed by atoms with van der Waals surface area (Å²) in [7, 11) is 0. The van der Waals surface area contributed by atoms with Gasteiger partial charge in [-0.15, -0.1) is 0 Å². The van der Waals surface area contributed by atoms with Crippen molar-refractivity contribution in [3.8, 4) is 11.1 Å². The van der Waals surface area contributed by atoms with Crippen molar-refractivity contribution in [3.63, 3.8) is 0 Å². The number of nitrogens with zero attached hydrogens (tertiary/aromatic N) is 3. The fraction of sp³-hybridized carbons (Fsp3) is 0.100. The van der Waals surface area contributed by atoms with Crippen LogP contribution in [0.3, 0.4) is 0 Å². The predicted molar refractivity (Wildman–Crippen MR) is 59.4 cm³/mol. The fourth-order valence-electron chi connectivity index (χ4n) is 1.40. The van der Waals surface area contributed by atoms with Crippen LogP contribution in [0.5, 0.6) is 0 Å². The highest BCUT2D eigenvalue weighted by Crippen LogP contribution is 2.28. The van der Waals surface area contributed by atoms with E-state index in [2.05, 4.69) is 15.0 Å². The molecule has 15 heavy (non-hydrogen) atoms. The Hall–Kier alpha value is -1.68. The van der Waals surface area contributed by atoms with Crippen LogP contribution in [0.15, 0.2) is 24.5 Å². The van der Waals surface area contributed by atoms with E-state index in [1.54, 1.807) is 12.4 Å². The van der Waals surface area contributed by atoms with Crippen LogP contribution < -0.4 is 5.73 Å². The second-order valence-corrected chi connectivity index (χ2v) is 3.43. The number of rotatable bonds is 1. The van der Waals surface area contributed by atoms with Gasteiger partial charge < -0.3 is 5.73 Å². The van der Waals surface area contributed by atoms with Crippen molar-refractivity contribution in [3.05, 3.63) is 35.4 Å². The van der Waals surface area contributed by atoms with E-state index in [0.717, 1.165) is 16.8 Å². The number of halogens is 1. The maximum absolute atomic E-state index is 6.01. The Morgan fingerprint density at radius 2 is 2.13 bits per heavy atom. The summed E-state index contributed by atoms with van der Waals surface area (Å²) in [6.45, 7) is 1.84. The first kappa shape index (κ1) is 9.86. The topological polar surface area (TPSA) is 64.7 Å². The van der Waals surface area contributed by atoms with Crippen molar-refractivity contribution in [2.24, 2.45) is 0 Å². The third kappa shape index (κ3) is 1.89. The molecule has 0 aliphatic rings. The molecule has 0 aliphatic carbocycles. The molecule has 0 unspecified atom stereocenters. The summed E-state index contributed by atoms with van der Waals surface area (Å²) in [4.78, 5) is 12.0. The Kier molecular flexibility index (Phi) is 2.51. The molecule has 0 bridgehead atoms. The SMILES string of the molecule is Cc1nc(N)nc(Cl)c1-c1cccnc1. The van der Waals surface area contributed by atoms with Crippen LogP contribution in [0.2, 0.25) is 5.15 Å². The predicted octanol–water partition coefficient (Wildman–Crippen LogP) is 2.08. The van der Waals surface area contributed by atoms with Crippen molar-refractivity contribution >= 4 is 17.5 Å². The minimum Gasteiger partial charge on any atom is -0.368 e. The summed E-state index contributed by atoms with van der Waals surface area (Å²) in [5.74, 6) is 0.185. The van der Waals surface area contributed by atoms with E-state index in [1.165, 1.54) is 0 Å². The molecule has 0 aliphatic heterocycles. The molecule has 76 valence electrons. The number of hydrogen-bond donors (Lipinski definition) is 1. The lowest BCUT2D eigenvalue weighted by atomic mass is 10.1. The van der Waals surface area contributed by atoms with E-state index in [4.69, 9.17) is 17.3 Å². The molecule has 2 aromatic heterocycles. The highest BCUT2D eigenvalue weighted by molar-refractivity contribution is 6.32. The minimum atomic E-state index is 0.185. The van der Waals surface area contributed by atoms with Gasteiger partial charge in [0, 0.05) is 23.5 Å². The maximum atomic E-state index is 6.01. The Morgan fingerprint density at radius 1 is 1.33 bits per heavy atom. The lowest BCUT2D eigenvalue weighted by Gasteiger charge is -2.06. The average Bonchev–Trinajstić information content (AvgIpc) is 2.17. The van der Waals surface area contributed by atoms with Crippen LogP contribution in [0.1, 0.15) is 5.69 Å². The number of nitrogen functional groups attached to an aromatic ring is 1. The van der Waals surface area contributed by atoms with E-state index < -0.39 is 0 Å². The standard InChI is InChI=1S/C10H9ClN4/c1-6-8(7-3-2-4-13-5-7)9(11)15-10(12)14-6/h2-5H,1H3,(H2,12,14,15). The molecule has 0 amide bonds. The first-order valence-corrected chi connectivity index (χ1v) is 4.76. The van der Waals surface area contributed by atoms with Gasteiger partial charge in [0.2, 0.25) is 5.95 Å². The zero-order chi connectivity index (χ0) is 10.8. The third-order valence-electron chi connectivity index (χ3n) is 2.01. The van der Waals surface area contributed by atoms with Gasteiger partial charge in [0.1, 0.15) is 5.15 Å². The molecule has 0 radical (unpaired) electrons. The van der Waals surface area contributed by atoms with E-state index in [-0.39, 0.29) is 5.95 Å². The van der Waals surface area contributed by atoms with Gasteiger partial charge in [0.15, 0.2) is 0 Å². The van der Waals surface area contributed by atoms with E-state index in [9.17, 15) is 0 Å². The Morgan fingerprint density at radius 3 is 2.73 bits per heavy atom. The molecule has 0 aromatic carbocycles. The van der Waals surface area contributed by atoms with Gasteiger partial charge in [-0.2, -0.15) is 0 Å². The number of aromatic nitrogens is 3. The summed E-state index contributed by atoms with van der Waals surface area (Å²) in [6, 6.07) is 3.74. The minimum absolute atomic E-state index is 0.185. The summed E-state index contributed by atoms with van der Waals surface area (Å²) >= 11 is 6.01. The zero-order valence-electron chi connectivity index (χ0n) is 8.11. The first-order chi connectivity index (χ1) is 7.18.